The van der Waals surface area contributed by atoms with Gasteiger partial charge in [0.25, 0.3) is 0 Å². The first kappa shape index (κ1) is 14.3. The molecule has 2 aliphatic rings. The van der Waals surface area contributed by atoms with E-state index in [1.807, 2.05) is 0 Å². The van der Waals surface area contributed by atoms with E-state index in [0.717, 1.165) is 38.7 Å². The average molecular weight is 269 g/mol. The molecule has 1 amide bonds. The Balaban J connectivity index is 1.86. The first-order chi connectivity index (χ1) is 9.20. The van der Waals surface area contributed by atoms with Gasteiger partial charge in [-0.2, -0.15) is 0 Å². The Hall–Kier alpha value is -1.10. The van der Waals surface area contributed by atoms with Gasteiger partial charge in [0.2, 0.25) is 5.91 Å². The summed E-state index contributed by atoms with van der Waals surface area (Å²) in [4.78, 5) is 25.4. The monoisotopic (exact) mass is 269 g/mol. The maximum atomic E-state index is 12.3. The Kier molecular flexibility index (Phi) is 5.19. The second kappa shape index (κ2) is 6.89. The maximum Gasteiger partial charge on any atom is 0.307 e. The van der Waals surface area contributed by atoms with Crippen LogP contribution in [0.5, 0.6) is 0 Å². The Morgan fingerprint density at radius 1 is 1.26 bits per heavy atom. The van der Waals surface area contributed by atoms with Gasteiger partial charge in [-0.1, -0.05) is 6.42 Å². The van der Waals surface area contributed by atoms with Gasteiger partial charge in [0, 0.05) is 25.6 Å². The van der Waals surface area contributed by atoms with Gasteiger partial charge in [0.1, 0.15) is 0 Å². The fourth-order valence-electron chi connectivity index (χ4n) is 2.57. The van der Waals surface area contributed by atoms with Crippen molar-refractivity contribution in [1.29, 1.82) is 0 Å². The van der Waals surface area contributed by atoms with Crippen LogP contribution in [0.25, 0.3) is 0 Å². The van der Waals surface area contributed by atoms with Crippen molar-refractivity contribution in [3.05, 3.63) is 0 Å². The zero-order chi connectivity index (χ0) is 13.7. The molecule has 0 radical (unpaired) electrons. The van der Waals surface area contributed by atoms with Gasteiger partial charge in [-0.25, -0.2) is 0 Å². The predicted molar refractivity (Wildman–Crippen MR) is 69.5 cm³/mol. The Morgan fingerprint density at radius 3 is 2.58 bits per heavy atom. The zero-order valence-electron chi connectivity index (χ0n) is 11.6. The predicted octanol–water partition coefficient (Wildman–Crippen LogP) is 1.36. The van der Waals surface area contributed by atoms with Crippen LogP contribution in [0.4, 0.5) is 0 Å². The maximum absolute atomic E-state index is 12.3. The third kappa shape index (κ3) is 3.93. The van der Waals surface area contributed by atoms with Gasteiger partial charge >= 0.3 is 5.97 Å². The minimum atomic E-state index is -0.265. The van der Waals surface area contributed by atoms with E-state index >= 15 is 0 Å². The molecule has 0 aromatic heterocycles. The molecule has 2 fully saturated rings. The van der Waals surface area contributed by atoms with Crippen LogP contribution in [0.15, 0.2) is 0 Å². The molecular formula is C14H23NO4. The molecule has 0 bridgehead atoms. The lowest BCUT2D eigenvalue weighted by atomic mass is 9.84. The fourth-order valence-corrected chi connectivity index (χ4v) is 2.57. The number of amides is 1. The van der Waals surface area contributed by atoms with E-state index in [1.165, 1.54) is 7.11 Å². The lowest BCUT2D eigenvalue weighted by Crippen LogP contribution is -2.43. The van der Waals surface area contributed by atoms with Crippen LogP contribution in [0, 0.1) is 5.92 Å². The van der Waals surface area contributed by atoms with Gasteiger partial charge in [0.05, 0.1) is 19.6 Å². The summed E-state index contributed by atoms with van der Waals surface area (Å²) >= 11 is 0. The van der Waals surface area contributed by atoms with Crippen LogP contribution in [0.3, 0.4) is 0 Å². The van der Waals surface area contributed by atoms with Crippen LogP contribution >= 0.6 is 0 Å². The Morgan fingerprint density at radius 2 is 2.05 bits per heavy atom. The highest BCUT2D eigenvalue weighted by atomic mass is 16.5. The van der Waals surface area contributed by atoms with Gasteiger partial charge in [0.15, 0.2) is 0 Å². The van der Waals surface area contributed by atoms with Crippen molar-refractivity contribution in [2.45, 2.75) is 44.6 Å². The molecule has 5 heteroatoms. The van der Waals surface area contributed by atoms with Gasteiger partial charge in [-0.15, -0.1) is 0 Å². The average Bonchev–Trinajstić information content (AvgIpc) is 2.84. The SMILES string of the molecule is COC(=O)CCN(CC1CCCO1)C(=O)C1CCC1. The quantitative estimate of drug-likeness (QED) is 0.683. The first-order valence-electron chi connectivity index (χ1n) is 7.18. The summed E-state index contributed by atoms with van der Waals surface area (Å²) in [5, 5.41) is 0. The van der Waals surface area contributed by atoms with Crippen LogP contribution in [-0.4, -0.2) is 49.7 Å². The highest BCUT2D eigenvalue weighted by molar-refractivity contribution is 5.80. The molecule has 1 atom stereocenters. The normalized spacial score (nSPS) is 22.9. The van der Waals surface area contributed by atoms with Crippen molar-refractivity contribution in [1.82, 2.24) is 4.90 Å². The van der Waals surface area contributed by atoms with Crippen molar-refractivity contribution in [2.24, 2.45) is 5.92 Å². The summed E-state index contributed by atoms with van der Waals surface area (Å²) in [6.45, 7) is 1.85. The van der Waals surface area contributed by atoms with Crippen LogP contribution in [0.1, 0.15) is 38.5 Å². The molecule has 1 aliphatic heterocycles. The Bertz CT molecular complexity index is 321. The number of carbonyl (C=O) groups excluding carboxylic acids is 2. The number of methoxy groups -OCH3 is 1. The minimum Gasteiger partial charge on any atom is -0.469 e. The summed E-state index contributed by atoms with van der Waals surface area (Å²) in [5.41, 5.74) is 0. The summed E-state index contributed by atoms with van der Waals surface area (Å²) in [5.74, 6) is 0.0865. The van der Waals surface area contributed by atoms with Gasteiger partial charge in [-0.3, -0.25) is 9.59 Å². The van der Waals surface area contributed by atoms with Crippen molar-refractivity contribution < 1.29 is 19.1 Å². The van der Waals surface area contributed by atoms with E-state index in [4.69, 9.17) is 4.74 Å². The largest absolute Gasteiger partial charge is 0.469 e. The van der Waals surface area contributed by atoms with Gasteiger partial charge < -0.3 is 14.4 Å². The number of esters is 1. The first-order valence-corrected chi connectivity index (χ1v) is 7.18. The number of rotatable bonds is 6. The zero-order valence-corrected chi connectivity index (χ0v) is 11.6. The number of hydrogen-bond acceptors (Lipinski definition) is 4. The molecule has 0 aromatic rings. The topological polar surface area (TPSA) is 55.8 Å². The molecule has 1 aliphatic carbocycles. The third-order valence-corrected chi connectivity index (χ3v) is 4.03. The van der Waals surface area contributed by atoms with Crippen molar-refractivity contribution in [3.63, 3.8) is 0 Å². The number of carbonyl (C=O) groups is 2. The molecular weight excluding hydrogens is 246 g/mol. The van der Waals surface area contributed by atoms with Crippen LogP contribution < -0.4 is 0 Å². The third-order valence-electron chi connectivity index (χ3n) is 4.03. The van der Waals surface area contributed by atoms with E-state index in [1.54, 1.807) is 4.90 Å². The fraction of sp³-hybridized carbons (Fsp3) is 0.857. The highest BCUT2D eigenvalue weighted by Gasteiger charge is 2.31. The van der Waals surface area contributed by atoms with Crippen molar-refractivity contribution in [2.75, 3.05) is 26.8 Å². The van der Waals surface area contributed by atoms with E-state index in [9.17, 15) is 9.59 Å². The van der Waals surface area contributed by atoms with Crippen molar-refractivity contribution >= 4 is 11.9 Å². The van der Waals surface area contributed by atoms with E-state index in [2.05, 4.69) is 4.74 Å². The summed E-state index contributed by atoms with van der Waals surface area (Å²) < 4.78 is 10.2. The van der Waals surface area contributed by atoms with E-state index < -0.39 is 0 Å². The summed E-state index contributed by atoms with van der Waals surface area (Å²) in [6, 6.07) is 0. The lowest BCUT2D eigenvalue weighted by molar-refractivity contribution is -0.144. The number of nitrogens with zero attached hydrogens (tertiary/aromatic N) is 1. The molecule has 108 valence electrons. The number of ether oxygens (including phenoxy) is 2. The molecule has 5 nitrogen and oxygen atoms in total. The molecule has 0 N–H and O–H groups in total. The minimum absolute atomic E-state index is 0.140. The van der Waals surface area contributed by atoms with E-state index in [-0.39, 0.29) is 30.3 Å². The number of hydrogen-bond donors (Lipinski definition) is 0. The standard InChI is InChI=1S/C14H23NO4/c1-18-13(16)7-8-15(10-12-6-3-9-19-12)14(17)11-4-2-5-11/h11-12H,2-10H2,1H3. The summed E-state index contributed by atoms with van der Waals surface area (Å²) in [7, 11) is 1.38. The molecule has 0 spiro atoms. The highest BCUT2D eigenvalue weighted by Crippen LogP contribution is 2.29. The molecule has 19 heavy (non-hydrogen) atoms. The molecule has 0 aromatic carbocycles. The van der Waals surface area contributed by atoms with Crippen LogP contribution in [-0.2, 0) is 19.1 Å². The lowest BCUT2D eigenvalue weighted by Gasteiger charge is -2.32. The Labute approximate surface area is 114 Å². The molecule has 1 saturated heterocycles. The second-order valence-electron chi connectivity index (χ2n) is 5.37. The van der Waals surface area contributed by atoms with Crippen molar-refractivity contribution in [3.8, 4) is 0 Å². The smallest absolute Gasteiger partial charge is 0.307 e. The second-order valence-corrected chi connectivity index (χ2v) is 5.37. The molecule has 1 heterocycles. The summed E-state index contributed by atoms with van der Waals surface area (Å²) in [6.07, 6.45) is 5.59. The van der Waals surface area contributed by atoms with Crippen LogP contribution in [0.2, 0.25) is 0 Å². The van der Waals surface area contributed by atoms with Gasteiger partial charge in [-0.05, 0) is 25.7 Å². The molecule has 1 saturated carbocycles. The van der Waals surface area contributed by atoms with E-state index in [0.29, 0.717) is 13.1 Å². The molecule has 2 rings (SSSR count). The molecule has 1 unspecified atom stereocenters.